The summed E-state index contributed by atoms with van der Waals surface area (Å²) in [5.74, 6) is 1.09. The standard InChI is InChI=1S/C25H36N2O4S/c1-5-8-9-20(6-2)18-26-25(28)22-12-10-21(11-13-22)19-27(32(4,29)30)23-14-16-24(17-15-23)31-7-3/h10-17,20H,5-9,18-19H2,1-4H3,(H,26,28)/t20-/m0/s1. The molecule has 2 rings (SSSR count). The summed E-state index contributed by atoms with van der Waals surface area (Å²) in [6, 6.07) is 14.1. The van der Waals surface area contributed by atoms with Crippen LogP contribution in [-0.2, 0) is 16.6 Å². The summed E-state index contributed by atoms with van der Waals surface area (Å²) < 4.78 is 31.6. The monoisotopic (exact) mass is 460 g/mol. The Labute approximate surface area is 193 Å². The van der Waals surface area contributed by atoms with Gasteiger partial charge in [-0.15, -0.1) is 0 Å². The van der Waals surface area contributed by atoms with Crippen molar-refractivity contribution in [3.05, 3.63) is 59.7 Å². The van der Waals surface area contributed by atoms with Crippen LogP contribution >= 0.6 is 0 Å². The first-order chi connectivity index (χ1) is 15.3. The minimum atomic E-state index is -3.48. The topological polar surface area (TPSA) is 75.7 Å². The zero-order chi connectivity index (χ0) is 23.6. The van der Waals surface area contributed by atoms with Crippen LogP contribution in [-0.4, -0.2) is 33.7 Å². The Morgan fingerprint density at radius 3 is 2.22 bits per heavy atom. The molecule has 2 aromatic carbocycles. The lowest BCUT2D eigenvalue weighted by Gasteiger charge is -2.23. The van der Waals surface area contributed by atoms with E-state index >= 15 is 0 Å². The average Bonchev–Trinajstić information content (AvgIpc) is 2.78. The molecular weight excluding hydrogens is 424 g/mol. The van der Waals surface area contributed by atoms with Crippen molar-refractivity contribution >= 4 is 21.6 Å². The number of ether oxygens (including phenoxy) is 1. The van der Waals surface area contributed by atoms with E-state index in [9.17, 15) is 13.2 Å². The van der Waals surface area contributed by atoms with Crippen LogP contribution in [0.15, 0.2) is 48.5 Å². The molecule has 0 aromatic heterocycles. The smallest absolute Gasteiger partial charge is 0.251 e. The maximum Gasteiger partial charge on any atom is 0.251 e. The molecule has 6 nitrogen and oxygen atoms in total. The second kappa shape index (κ2) is 12.5. The molecule has 32 heavy (non-hydrogen) atoms. The van der Waals surface area contributed by atoms with Crippen molar-refractivity contribution in [1.29, 1.82) is 0 Å². The van der Waals surface area contributed by atoms with Crippen molar-refractivity contribution < 1.29 is 17.9 Å². The number of hydrogen-bond donors (Lipinski definition) is 1. The van der Waals surface area contributed by atoms with Crippen LogP contribution in [0.3, 0.4) is 0 Å². The molecule has 176 valence electrons. The van der Waals surface area contributed by atoms with Gasteiger partial charge < -0.3 is 10.1 Å². The van der Waals surface area contributed by atoms with Gasteiger partial charge in [-0.25, -0.2) is 8.42 Å². The van der Waals surface area contributed by atoms with Crippen LogP contribution in [0.4, 0.5) is 5.69 Å². The molecule has 0 aliphatic carbocycles. The Hall–Kier alpha value is -2.54. The summed E-state index contributed by atoms with van der Waals surface area (Å²) in [7, 11) is -3.48. The number of rotatable bonds is 13. The number of benzene rings is 2. The van der Waals surface area contributed by atoms with Gasteiger partial charge in [0.1, 0.15) is 5.75 Å². The summed E-state index contributed by atoms with van der Waals surface area (Å²) in [4.78, 5) is 12.5. The minimum Gasteiger partial charge on any atom is -0.494 e. The Bertz CT molecular complexity index is 941. The maximum absolute atomic E-state index is 12.5. The highest BCUT2D eigenvalue weighted by atomic mass is 32.2. The molecule has 0 saturated heterocycles. The van der Waals surface area contributed by atoms with Crippen LogP contribution in [0.2, 0.25) is 0 Å². The van der Waals surface area contributed by atoms with E-state index in [2.05, 4.69) is 19.2 Å². The Morgan fingerprint density at radius 1 is 1.03 bits per heavy atom. The molecule has 0 radical (unpaired) electrons. The molecule has 0 aliphatic rings. The van der Waals surface area contributed by atoms with E-state index in [1.54, 1.807) is 48.5 Å². The van der Waals surface area contributed by atoms with Gasteiger partial charge in [0, 0.05) is 12.1 Å². The highest BCUT2D eigenvalue weighted by Crippen LogP contribution is 2.24. The third kappa shape index (κ3) is 7.86. The second-order valence-electron chi connectivity index (χ2n) is 8.02. The largest absolute Gasteiger partial charge is 0.494 e. The van der Waals surface area contributed by atoms with Crippen molar-refractivity contribution in [3.63, 3.8) is 0 Å². The molecule has 0 fully saturated rings. The van der Waals surface area contributed by atoms with Crippen LogP contribution in [0.5, 0.6) is 5.75 Å². The first-order valence-corrected chi connectivity index (χ1v) is 13.2. The van der Waals surface area contributed by atoms with E-state index in [4.69, 9.17) is 4.74 Å². The molecule has 0 unspecified atom stereocenters. The van der Waals surface area contributed by atoms with E-state index in [1.165, 1.54) is 17.0 Å². The van der Waals surface area contributed by atoms with Gasteiger partial charge >= 0.3 is 0 Å². The van der Waals surface area contributed by atoms with Crippen LogP contribution in [0.1, 0.15) is 62.4 Å². The highest BCUT2D eigenvalue weighted by Gasteiger charge is 2.18. The zero-order valence-corrected chi connectivity index (χ0v) is 20.5. The van der Waals surface area contributed by atoms with Crippen LogP contribution < -0.4 is 14.4 Å². The third-order valence-electron chi connectivity index (χ3n) is 5.47. The lowest BCUT2D eigenvalue weighted by molar-refractivity contribution is 0.0946. The summed E-state index contributed by atoms with van der Waals surface area (Å²) in [5, 5.41) is 3.03. The number of hydrogen-bond acceptors (Lipinski definition) is 4. The summed E-state index contributed by atoms with van der Waals surface area (Å²) in [6.45, 7) is 7.63. The van der Waals surface area contributed by atoms with Gasteiger partial charge in [-0.3, -0.25) is 9.10 Å². The number of sulfonamides is 1. The molecule has 0 bridgehead atoms. The normalized spacial score (nSPS) is 12.2. The van der Waals surface area contributed by atoms with Crippen molar-refractivity contribution in [2.24, 2.45) is 5.92 Å². The van der Waals surface area contributed by atoms with E-state index in [1.807, 2.05) is 6.92 Å². The van der Waals surface area contributed by atoms with Gasteiger partial charge in [0.25, 0.3) is 5.91 Å². The quantitative estimate of drug-likeness (QED) is 0.456. The fraction of sp³-hybridized carbons (Fsp3) is 0.480. The van der Waals surface area contributed by atoms with Crippen molar-refractivity contribution in [2.45, 2.75) is 53.0 Å². The molecule has 0 heterocycles. The minimum absolute atomic E-state index is 0.0991. The summed E-state index contributed by atoms with van der Waals surface area (Å²) in [6.07, 6.45) is 5.69. The van der Waals surface area contributed by atoms with Gasteiger partial charge in [0.15, 0.2) is 0 Å². The van der Waals surface area contributed by atoms with Gasteiger partial charge in [0.05, 0.1) is 25.1 Å². The predicted molar refractivity (Wildman–Crippen MR) is 131 cm³/mol. The van der Waals surface area contributed by atoms with Gasteiger partial charge in [-0.2, -0.15) is 0 Å². The van der Waals surface area contributed by atoms with Crippen LogP contribution in [0.25, 0.3) is 0 Å². The van der Waals surface area contributed by atoms with Crippen molar-refractivity contribution in [1.82, 2.24) is 5.32 Å². The lowest BCUT2D eigenvalue weighted by Crippen LogP contribution is -2.30. The SMILES string of the molecule is CCCC[C@H](CC)CNC(=O)c1ccc(CN(c2ccc(OCC)cc2)S(C)(=O)=O)cc1. The van der Waals surface area contributed by atoms with E-state index in [0.717, 1.165) is 24.8 Å². The molecule has 0 aliphatic heterocycles. The van der Waals surface area contributed by atoms with Crippen LogP contribution in [0, 0.1) is 5.92 Å². The van der Waals surface area contributed by atoms with Gasteiger partial charge in [-0.05, 0) is 61.2 Å². The first-order valence-electron chi connectivity index (χ1n) is 11.4. The van der Waals surface area contributed by atoms with E-state index in [-0.39, 0.29) is 12.5 Å². The number of unbranched alkanes of at least 4 members (excludes halogenated alkanes) is 1. The second-order valence-corrected chi connectivity index (χ2v) is 9.93. The number of nitrogens with one attached hydrogen (secondary N) is 1. The average molecular weight is 461 g/mol. The van der Waals surface area contributed by atoms with E-state index < -0.39 is 10.0 Å². The molecule has 0 spiro atoms. The first kappa shape index (κ1) is 25.7. The summed E-state index contributed by atoms with van der Waals surface area (Å²) >= 11 is 0. The number of carbonyl (C=O) groups excluding carboxylic acids is 1. The number of amides is 1. The van der Waals surface area contributed by atoms with E-state index in [0.29, 0.717) is 36.1 Å². The van der Waals surface area contributed by atoms with Crippen molar-refractivity contribution in [2.75, 3.05) is 23.7 Å². The summed E-state index contributed by atoms with van der Waals surface area (Å²) in [5.41, 5.74) is 1.94. The molecule has 1 N–H and O–H groups in total. The Balaban J connectivity index is 2.05. The molecule has 0 saturated carbocycles. The molecule has 1 amide bonds. The number of nitrogens with zero attached hydrogens (tertiary/aromatic N) is 1. The van der Waals surface area contributed by atoms with Crippen molar-refractivity contribution in [3.8, 4) is 5.75 Å². The molecule has 1 atom stereocenters. The third-order valence-corrected chi connectivity index (χ3v) is 6.61. The fourth-order valence-electron chi connectivity index (χ4n) is 3.49. The highest BCUT2D eigenvalue weighted by molar-refractivity contribution is 7.92. The number of anilines is 1. The lowest BCUT2D eigenvalue weighted by atomic mass is 9.99. The molecule has 2 aromatic rings. The zero-order valence-electron chi connectivity index (χ0n) is 19.6. The molecule has 7 heteroatoms. The molecular formula is C25H36N2O4S. The predicted octanol–water partition coefficient (Wildman–Crippen LogP) is 5.00. The number of carbonyl (C=O) groups is 1. The maximum atomic E-state index is 12.5. The Kier molecular flexibility index (Phi) is 10.0. The van der Waals surface area contributed by atoms with Gasteiger partial charge in [0.2, 0.25) is 10.0 Å². The van der Waals surface area contributed by atoms with Gasteiger partial charge in [-0.1, -0.05) is 45.2 Å². The Morgan fingerprint density at radius 2 is 1.69 bits per heavy atom. The fourth-order valence-corrected chi connectivity index (χ4v) is 4.37.